The third kappa shape index (κ3) is 8.10. The number of carbonyl (C=O) groups is 1. The number of amidine groups is 2. The summed E-state index contributed by atoms with van der Waals surface area (Å²) in [5.41, 5.74) is 11.6. The van der Waals surface area contributed by atoms with Gasteiger partial charge in [-0.2, -0.15) is 0 Å². The van der Waals surface area contributed by atoms with Crippen LogP contribution in [0.4, 0.5) is 14.5 Å². The van der Waals surface area contributed by atoms with Gasteiger partial charge < -0.3 is 10.6 Å². The van der Waals surface area contributed by atoms with Gasteiger partial charge in [-0.15, -0.1) is 0 Å². The summed E-state index contributed by atoms with van der Waals surface area (Å²) in [6, 6.07) is 7.64. The highest BCUT2D eigenvalue weighted by molar-refractivity contribution is 6.28. The van der Waals surface area contributed by atoms with Crippen molar-refractivity contribution in [1.29, 1.82) is 0 Å². The Balaban J connectivity index is 1.55. The Bertz CT molecular complexity index is 1400. The lowest BCUT2D eigenvalue weighted by Gasteiger charge is -2.31. The molecule has 0 unspecified atom stereocenters. The van der Waals surface area contributed by atoms with E-state index in [2.05, 4.69) is 25.2 Å². The molecule has 3 heterocycles. The van der Waals surface area contributed by atoms with Crippen molar-refractivity contribution < 1.29 is 13.6 Å². The number of likely N-dealkylation sites (N-methyl/N-ethyl adjacent to an activating group) is 1. The van der Waals surface area contributed by atoms with Crippen LogP contribution in [0, 0.1) is 0 Å². The largest absolute Gasteiger partial charge is 0.398 e. The molecular formula is C31H40F2N7O+. The summed E-state index contributed by atoms with van der Waals surface area (Å²) in [6.07, 6.45) is 7.57. The van der Waals surface area contributed by atoms with Crippen molar-refractivity contribution in [2.24, 2.45) is 0 Å². The Hall–Kier alpha value is -3.85. The molecule has 2 aliphatic rings. The molecule has 4 rings (SSSR count). The van der Waals surface area contributed by atoms with E-state index >= 15 is 0 Å². The molecule has 1 aromatic heterocycles. The van der Waals surface area contributed by atoms with Crippen molar-refractivity contribution in [3.63, 3.8) is 0 Å². The number of hydrogen-bond acceptors (Lipinski definition) is 6. The van der Waals surface area contributed by atoms with Gasteiger partial charge in [0.05, 0.1) is 12.1 Å². The fraction of sp³-hybridized carbons (Fsp3) is 0.419. The minimum atomic E-state index is -2.57. The van der Waals surface area contributed by atoms with Crippen LogP contribution in [0.15, 0.2) is 54.4 Å². The minimum absolute atomic E-state index is 0.121. The molecule has 2 aliphatic heterocycles. The third-order valence-corrected chi connectivity index (χ3v) is 7.38. The molecule has 41 heavy (non-hydrogen) atoms. The normalized spacial score (nSPS) is 17.2. The standard InChI is InChI=1S/C31H39F2N7O/c1-5-21(2)29(30(41)38-28-9-8-27(37-28)36-12-15-39(3)4)25-17-23(6-7-26(25)34)24-16-22(18-35-19-24)20-40-13-10-31(32,33)11-14-40/h6-9,16-19H,5,10-15,20,34H2,1-4H3,(H,36,37,38,41)/p+1. The predicted octanol–water partition coefficient (Wildman–Crippen LogP) is 3.45. The van der Waals surface area contributed by atoms with E-state index in [0.29, 0.717) is 54.6 Å². The van der Waals surface area contributed by atoms with Gasteiger partial charge >= 0.3 is 17.6 Å². The van der Waals surface area contributed by atoms with E-state index in [1.165, 1.54) is 0 Å². The first-order valence-corrected chi connectivity index (χ1v) is 14.0. The maximum Gasteiger partial charge on any atom is 0.317 e. The summed E-state index contributed by atoms with van der Waals surface area (Å²) in [5.74, 6) is -1.69. The highest BCUT2D eigenvalue weighted by Crippen LogP contribution is 2.32. The van der Waals surface area contributed by atoms with Crippen LogP contribution in [0.1, 0.15) is 44.2 Å². The number of hydrogen-bond donors (Lipinski definition) is 3. The number of nitrogen functional groups attached to an aromatic ring is 1. The first-order valence-electron chi connectivity index (χ1n) is 14.0. The molecular weight excluding hydrogens is 524 g/mol. The average molecular weight is 565 g/mol. The first-order chi connectivity index (χ1) is 19.5. The average Bonchev–Trinajstić information content (AvgIpc) is 3.37. The molecule has 1 aromatic carbocycles. The van der Waals surface area contributed by atoms with Crippen molar-refractivity contribution in [3.05, 3.63) is 65.5 Å². The van der Waals surface area contributed by atoms with E-state index in [1.807, 2.05) is 57.1 Å². The molecule has 0 aliphatic carbocycles. The molecule has 0 saturated carbocycles. The summed E-state index contributed by atoms with van der Waals surface area (Å²) in [6.45, 7) is 6.80. The van der Waals surface area contributed by atoms with E-state index in [0.717, 1.165) is 35.4 Å². The number of halogens is 2. The molecule has 1 saturated heterocycles. The lowest BCUT2D eigenvalue weighted by Crippen LogP contribution is -2.38. The van der Waals surface area contributed by atoms with Gasteiger partial charge in [-0.05, 0) is 56.8 Å². The maximum atomic E-state index is 13.6. The van der Waals surface area contributed by atoms with Crippen LogP contribution < -0.4 is 21.0 Å². The number of rotatable bonds is 9. The number of likely N-dealkylation sites (tertiary alicyclic amines) is 1. The fourth-order valence-electron chi connectivity index (χ4n) is 4.82. The van der Waals surface area contributed by atoms with Crippen LogP contribution in [-0.4, -0.2) is 78.6 Å². The van der Waals surface area contributed by atoms with Crippen LogP contribution in [0.2, 0.25) is 0 Å². The summed E-state index contributed by atoms with van der Waals surface area (Å²) >= 11 is 0. The SMILES string of the molecule is CCC(C)=C(C(=O)NC1=[N+]=C(NCCN(C)C)C=C1)c1cc(-c2cncc(CN3CCC(F)(F)CC3)c2)ccc1N. The van der Waals surface area contributed by atoms with Crippen LogP contribution in [0.3, 0.4) is 0 Å². The highest BCUT2D eigenvalue weighted by atomic mass is 19.3. The van der Waals surface area contributed by atoms with Crippen molar-refractivity contribution in [2.45, 2.75) is 45.6 Å². The molecule has 1 fully saturated rings. The summed E-state index contributed by atoms with van der Waals surface area (Å²) < 4.78 is 31.7. The number of carbonyl (C=O) groups excluding carboxylic acids is 1. The molecule has 2 aromatic rings. The number of aromatic nitrogens is 1. The Kier molecular flexibility index (Phi) is 9.70. The first kappa shape index (κ1) is 30.1. The molecule has 0 atom stereocenters. The number of allylic oxidation sites excluding steroid dienone is 1. The van der Waals surface area contributed by atoms with E-state index in [4.69, 9.17) is 5.73 Å². The van der Waals surface area contributed by atoms with Crippen molar-refractivity contribution in [3.8, 4) is 11.1 Å². The van der Waals surface area contributed by atoms with Crippen LogP contribution >= 0.6 is 0 Å². The minimum Gasteiger partial charge on any atom is -0.398 e. The number of pyridine rings is 1. The van der Waals surface area contributed by atoms with Gasteiger partial charge in [0.2, 0.25) is 0 Å². The number of nitrogens with zero attached hydrogens (tertiary/aromatic N) is 4. The Morgan fingerprint density at radius 3 is 2.56 bits per heavy atom. The predicted molar refractivity (Wildman–Crippen MR) is 162 cm³/mol. The molecule has 1 amide bonds. The highest BCUT2D eigenvalue weighted by Gasteiger charge is 2.33. The number of nitrogens with one attached hydrogen (secondary N) is 2. The Morgan fingerprint density at radius 2 is 1.85 bits per heavy atom. The van der Waals surface area contributed by atoms with Gasteiger partial charge in [0.1, 0.15) is 0 Å². The molecule has 10 heteroatoms. The second-order valence-corrected chi connectivity index (χ2v) is 10.9. The number of benzene rings is 1. The number of anilines is 1. The van der Waals surface area contributed by atoms with E-state index in [1.54, 1.807) is 24.5 Å². The topological polar surface area (TPSA) is 101 Å². The smallest absolute Gasteiger partial charge is 0.317 e. The second kappa shape index (κ2) is 13.2. The maximum absolute atomic E-state index is 13.6. The van der Waals surface area contributed by atoms with Gasteiger partial charge in [0.25, 0.3) is 5.92 Å². The Labute approximate surface area is 240 Å². The molecule has 0 radical (unpaired) electrons. The van der Waals surface area contributed by atoms with Crippen molar-refractivity contribution >= 4 is 28.8 Å². The van der Waals surface area contributed by atoms with Crippen molar-refractivity contribution in [1.82, 2.24) is 30.1 Å². The summed E-state index contributed by atoms with van der Waals surface area (Å²) in [4.78, 5) is 22.1. The molecule has 218 valence electrons. The zero-order valence-corrected chi connectivity index (χ0v) is 24.3. The van der Waals surface area contributed by atoms with E-state index in [9.17, 15) is 13.6 Å². The number of alkyl halides is 2. The van der Waals surface area contributed by atoms with E-state index < -0.39 is 5.92 Å². The quantitative estimate of drug-likeness (QED) is 0.245. The monoisotopic (exact) mass is 564 g/mol. The van der Waals surface area contributed by atoms with Gasteiger partial charge in [-0.1, -0.05) is 18.6 Å². The van der Waals surface area contributed by atoms with E-state index in [-0.39, 0.29) is 18.7 Å². The molecule has 4 N–H and O–H groups in total. The van der Waals surface area contributed by atoms with Gasteiger partial charge in [-0.3, -0.25) is 20.0 Å². The van der Waals surface area contributed by atoms with Gasteiger partial charge in [-0.25, -0.2) is 18.8 Å². The second-order valence-electron chi connectivity index (χ2n) is 10.9. The zero-order chi connectivity index (χ0) is 29.6. The number of amides is 1. The van der Waals surface area contributed by atoms with Gasteiger partial charge in [0.15, 0.2) is 0 Å². The molecule has 0 spiro atoms. The summed E-state index contributed by atoms with van der Waals surface area (Å²) in [5, 5.41) is 6.19. The van der Waals surface area contributed by atoms with Crippen LogP contribution in [0.5, 0.6) is 0 Å². The summed E-state index contributed by atoms with van der Waals surface area (Å²) in [7, 11) is 4.01. The van der Waals surface area contributed by atoms with Crippen LogP contribution in [0.25, 0.3) is 16.7 Å². The zero-order valence-electron chi connectivity index (χ0n) is 24.3. The lowest BCUT2D eigenvalue weighted by molar-refractivity contribution is -0.114. The number of nitrogens with two attached hydrogens (primary N) is 1. The lowest BCUT2D eigenvalue weighted by atomic mass is 9.93. The van der Waals surface area contributed by atoms with Crippen LogP contribution in [-0.2, 0) is 11.3 Å². The fourth-order valence-corrected chi connectivity index (χ4v) is 4.82. The number of piperidine rings is 1. The Morgan fingerprint density at radius 1 is 1.12 bits per heavy atom. The van der Waals surface area contributed by atoms with Gasteiger partial charge in [0, 0.05) is 80.4 Å². The molecule has 0 bridgehead atoms. The van der Waals surface area contributed by atoms with Crippen molar-refractivity contribution in [2.75, 3.05) is 46.0 Å². The molecule has 8 nitrogen and oxygen atoms in total. The third-order valence-electron chi connectivity index (χ3n) is 7.38.